The van der Waals surface area contributed by atoms with Crippen molar-refractivity contribution in [3.8, 4) is 0 Å². The van der Waals surface area contributed by atoms with E-state index in [9.17, 15) is 9.59 Å². The second-order valence-electron chi connectivity index (χ2n) is 4.80. The standard InChI is InChI=1S/C13H18N2O3S/c16-12(6-9-3-4-14-8-9)15-10(7-13(17)18)11-2-1-5-19-11/h1-2,5,9-10,14H,3-4,6-8H2,(H,15,16)(H,17,18). The Hall–Kier alpha value is -1.40. The fourth-order valence-corrected chi connectivity index (χ4v) is 3.07. The number of carbonyl (C=O) groups excluding carboxylic acids is 1. The van der Waals surface area contributed by atoms with Crippen molar-refractivity contribution in [3.63, 3.8) is 0 Å². The van der Waals surface area contributed by atoms with Crippen LogP contribution in [0.5, 0.6) is 0 Å². The van der Waals surface area contributed by atoms with E-state index in [4.69, 9.17) is 5.11 Å². The van der Waals surface area contributed by atoms with Crippen LogP contribution in [-0.4, -0.2) is 30.1 Å². The first kappa shape index (κ1) is 14.0. The van der Waals surface area contributed by atoms with Crippen molar-refractivity contribution in [2.24, 2.45) is 5.92 Å². The molecule has 2 unspecified atom stereocenters. The largest absolute Gasteiger partial charge is 0.481 e. The Morgan fingerprint density at radius 1 is 1.58 bits per heavy atom. The monoisotopic (exact) mass is 282 g/mol. The molecule has 3 N–H and O–H groups in total. The molecule has 2 rings (SSSR count). The Bertz CT molecular complexity index is 427. The maximum Gasteiger partial charge on any atom is 0.305 e. The van der Waals surface area contributed by atoms with Gasteiger partial charge in [-0.1, -0.05) is 6.07 Å². The summed E-state index contributed by atoms with van der Waals surface area (Å²) in [6.45, 7) is 1.83. The molecule has 2 atom stereocenters. The van der Waals surface area contributed by atoms with Gasteiger partial charge in [-0.3, -0.25) is 9.59 Å². The van der Waals surface area contributed by atoms with E-state index in [1.165, 1.54) is 11.3 Å². The van der Waals surface area contributed by atoms with Crippen molar-refractivity contribution in [1.29, 1.82) is 0 Å². The maximum atomic E-state index is 12.0. The number of thiophene rings is 1. The van der Waals surface area contributed by atoms with Gasteiger partial charge in [-0.2, -0.15) is 0 Å². The number of amides is 1. The SMILES string of the molecule is O=C(O)CC(NC(=O)CC1CCNC1)c1cccs1. The number of hydrogen-bond acceptors (Lipinski definition) is 4. The highest BCUT2D eigenvalue weighted by atomic mass is 32.1. The molecule has 1 saturated heterocycles. The van der Waals surface area contributed by atoms with E-state index in [-0.39, 0.29) is 12.3 Å². The van der Waals surface area contributed by atoms with Gasteiger partial charge in [0.1, 0.15) is 0 Å². The van der Waals surface area contributed by atoms with Crippen LogP contribution < -0.4 is 10.6 Å². The van der Waals surface area contributed by atoms with E-state index < -0.39 is 12.0 Å². The second-order valence-corrected chi connectivity index (χ2v) is 5.78. The molecule has 1 fully saturated rings. The van der Waals surface area contributed by atoms with Crippen LogP contribution in [0, 0.1) is 5.92 Å². The summed E-state index contributed by atoms with van der Waals surface area (Å²) < 4.78 is 0. The van der Waals surface area contributed by atoms with Crippen LogP contribution in [0.3, 0.4) is 0 Å². The highest BCUT2D eigenvalue weighted by Crippen LogP contribution is 2.23. The van der Waals surface area contributed by atoms with Crippen LogP contribution in [0.25, 0.3) is 0 Å². The smallest absolute Gasteiger partial charge is 0.305 e. The Morgan fingerprint density at radius 3 is 3.00 bits per heavy atom. The molecular formula is C13H18N2O3S. The third kappa shape index (κ3) is 4.33. The maximum absolute atomic E-state index is 12.0. The first-order valence-electron chi connectivity index (χ1n) is 6.40. The van der Waals surface area contributed by atoms with Crippen LogP contribution in [-0.2, 0) is 9.59 Å². The summed E-state index contributed by atoms with van der Waals surface area (Å²) in [6, 6.07) is 3.30. The summed E-state index contributed by atoms with van der Waals surface area (Å²) in [6.07, 6.45) is 1.40. The van der Waals surface area contributed by atoms with E-state index in [0.29, 0.717) is 12.3 Å². The van der Waals surface area contributed by atoms with Gasteiger partial charge in [-0.05, 0) is 36.9 Å². The number of rotatable bonds is 6. The van der Waals surface area contributed by atoms with Gasteiger partial charge in [0.15, 0.2) is 0 Å². The Balaban J connectivity index is 1.91. The van der Waals surface area contributed by atoms with Crippen LogP contribution in [0.1, 0.15) is 30.2 Å². The summed E-state index contributed by atoms with van der Waals surface area (Å²) in [5, 5.41) is 16.9. The van der Waals surface area contributed by atoms with Crippen LogP contribution in [0.4, 0.5) is 0 Å². The molecule has 0 bridgehead atoms. The highest BCUT2D eigenvalue weighted by molar-refractivity contribution is 7.10. The first-order chi connectivity index (χ1) is 9.15. The van der Waals surface area contributed by atoms with Gasteiger partial charge >= 0.3 is 5.97 Å². The number of carboxylic acids is 1. The second kappa shape index (κ2) is 6.68. The Morgan fingerprint density at radius 2 is 2.42 bits per heavy atom. The first-order valence-corrected chi connectivity index (χ1v) is 7.28. The van der Waals surface area contributed by atoms with E-state index in [2.05, 4.69) is 10.6 Å². The average Bonchev–Trinajstić information content (AvgIpc) is 2.99. The van der Waals surface area contributed by atoms with Gasteiger partial charge in [-0.25, -0.2) is 0 Å². The molecule has 5 nitrogen and oxygen atoms in total. The minimum atomic E-state index is -0.902. The molecule has 0 spiro atoms. The molecule has 0 aliphatic carbocycles. The van der Waals surface area contributed by atoms with Crippen molar-refractivity contribution in [2.45, 2.75) is 25.3 Å². The summed E-state index contributed by atoms with van der Waals surface area (Å²) >= 11 is 1.47. The fourth-order valence-electron chi connectivity index (χ4n) is 2.29. The lowest BCUT2D eigenvalue weighted by molar-refractivity contribution is -0.137. The predicted octanol–water partition coefficient (Wildman–Crippen LogP) is 1.38. The number of carbonyl (C=O) groups is 2. The summed E-state index contributed by atoms with van der Waals surface area (Å²) in [7, 11) is 0. The Labute approximate surface area is 116 Å². The van der Waals surface area contributed by atoms with Gasteiger partial charge in [0, 0.05) is 11.3 Å². The third-order valence-corrected chi connectivity index (χ3v) is 4.22. The molecule has 1 amide bonds. The van der Waals surface area contributed by atoms with E-state index in [1.54, 1.807) is 0 Å². The molecule has 6 heteroatoms. The zero-order valence-electron chi connectivity index (χ0n) is 10.6. The van der Waals surface area contributed by atoms with Crippen molar-refractivity contribution >= 4 is 23.2 Å². The highest BCUT2D eigenvalue weighted by Gasteiger charge is 2.22. The molecule has 0 aromatic carbocycles. The number of aliphatic carboxylic acids is 1. The summed E-state index contributed by atoms with van der Waals surface area (Å²) in [5.41, 5.74) is 0. The van der Waals surface area contributed by atoms with Crippen molar-refractivity contribution in [3.05, 3.63) is 22.4 Å². The zero-order valence-corrected chi connectivity index (χ0v) is 11.4. The van der Waals surface area contributed by atoms with Gasteiger partial charge in [0.05, 0.1) is 12.5 Å². The molecule has 0 radical (unpaired) electrons. The van der Waals surface area contributed by atoms with Crippen LogP contribution >= 0.6 is 11.3 Å². The molecule has 1 aliphatic heterocycles. The molecule has 104 valence electrons. The lowest BCUT2D eigenvalue weighted by atomic mass is 10.0. The minimum Gasteiger partial charge on any atom is -0.481 e. The van der Waals surface area contributed by atoms with Crippen LogP contribution in [0.2, 0.25) is 0 Å². The van der Waals surface area contributed by atoms with E-state index in [0.717, 1.165) is 24.4 Å². The number of carboxylic acid groups (broad SMARTS) is 1. The average molecular weight is 282 g/mol. The summed E-state index contributed by atoms with van der Waals surface area (Å²) in [5.74, 6) is -0.594. The third-order valence-electron chi connectivity index (χ3n) is 3.24. The topological polar surface area (TPSA) is 78.4 Å². The normalized spacial score (nSPS) is 20.1. The molecule has 2 heterocycles. The van der Waals surface area contributed by atoms with E-state index >= 15 is 0 Å². The van der Waals surface area contributed by atoms with Gasteiger partial charge in [0.2, 0.25) is 5.91 Å². The molecule has 0 saturated carbocycles. The summed E-state index contributed by atoms with van der Waals surface area (Å²) in [4.78, 5) is 23.7. The molecule has 1 aliphatic rings. The van der Waals surface area contributed by atoms with Crippen LogP contribution in [0.15, 0.2) is 17.5 Å². The Kier molecular flexibility index (Phi) is 4.93. The minimum absolute atomic E-state index is 0.0617. The fraction of sp³-hybridized carbons (Fsp3) is 0.538. The predicted molar refractivity (Wildman–Crippen MR) is 73.0 cm³/mol. The van der Waals surface area contributed by atoms with Gasteiger partial charge in [-0.15, -0.1) is 11.3 Å². The van der Waals surface area contributed by atoms with Gasteiger partial charge in [0.25, 0.3) is 0 Å². The molecule has 1 aromatic rings. The van der Waals surface area contributed by atoms with Gasteiger partial charge < -0.3 is 15.7 Å². The number of hydrogen-bond donors (Lipinski definition) is 3. The van der Waals surface area contributed by atoms with Crippen molar-refractivity contribution < 1.29 is 14.7 Å². The quantitative estimate of drug-likeness (QED) is 0.736. The van der Waals surface area contributed by atoms with Crippen molar-refractivity contribution in [1.82, 2.24) is 10.6 Å². The lowest BCUT2D eigenvalue weighted by Crippen LogP contribution is -2.31. The zero-order chi connectivity index (χ0) is 13.7. The molecule has 1 aromatic heterocycles. The molecular weight excluding hydrogens is 264 g/mol. The van der Waals surface area contributed by atoms with E-state index in [1.807, 2.05) is 17.5 Å². The number of nitrogens with one attached hydrogen (secondary N) is 2. The van der Waals surface area contributed by atoms with Crippen molar-refractivity contribution in [2.75, 3.05) is 13.1 Å². The lowest BCUT2D eigenvalue weighted by Gasteiger charge is -2.17. The molecule has 19 heavy (non-hydrogen) atoms.